The van der Waals surface area contributed by atoms with Gasteiger partial charge in [-0.3, -0.25) is 4.79 Å². The summed E-state index contributed by atoms with van der Waals surface area (Å²) < 4.78 is 0. The summed E-state index contributed by atoms with van der Waals surface area (Å²) >= 11 is 0. The number of amides is 2. The van der Waals surface area contributed by atoms with E-state index in [1.54, 1.807) is 12.1 Å². The van der Waals surface area contributed by atoms with Crippen molar-refractivity contribution in [2.45, 2.75) is 26.2 Å². The van der Waals surface area contributed by atoms with Crippen LogP contribution in [0.5, 0.6) is 0 Å². The van der Waals surface area contributed by atoms with Crippen molar-refractivity contribution in [1.29, 1.82) is 0 Å². The van der Waals surface area contributed by atoms with Crippen molar-refractivity contribution in [1.82, 2.24) is 10.6 Å². The lowest BCUT2D eigenvalue weighted by molar-refractivity contribution is -0.136. The van der Waals surface area contributed by atoms with Crippen molar-refractivity contribution in [3.8, 4) is 0 Å². The van der Waals surface area contributed by atoms with E-state index in [-0.39, 0.29) is 12.5 Å². The quantitative estimate of drug-likeness (QED) is 0.523. The van der Waals surface area contributed by atoms with Crippen LogP contribution in [0.3, 0.4) is 0 Å². The predicted molar refractivity (Wildman–Crippen MR) is 82.6 cm³/mol. The van der Waals surface area contributed by atoms with E-state index in [2.05, 4.69) is 16.0 Å². The molecule has 0 unspecified atom stereocenters. The number of rotatable bonds is 9. The summed E-state index contributed by atoms with van der Waals surface area (Å²) in [6, 6.07) is 6.96. The van der Waals surface area contributed by atoms with Crippen molar-refractivity contribution in [3.05, 3.63) is 29.8 Å². The molecule has 0 fully saturated rings. The fraction of sp³-hybridized carbons (Fsp3) is 0.467. The molecule has 0 saturated heterocycles. The van der Waals surface area contributed by atoms with Gasteiger partial charge < -0.3 is 21.1 Å². The summed E-state index contributed by atoms with van der Waals surface area (Å²) in [5.74, 6) is -0.811. The number of hydrogen-bond acceptors (Lipinski definition) is 3. The fourth-order valence-electron chi connectivity index (χ4n) is 1.77. The molecule has 21 heavy (non-hydrogen) atoms. The maximum Gasteiger partial charge on any atom is 0.319 e. The van der Waals surface area contributed by atoms with E-state index in [4.69, 9.17) is 5.11 Å². The molecule has 0 bridgehead atoms. The maximum atomic E-state index is 11.6. The van der Waals surface area contributed by atoms with E-state index in [1.807, 2.05) is 19.1 Å². The molecule has 2 amide bonds. The maximum absolute atomic E-state index is 11.6. The second kappa shape index (κ2) is 9.77. The van der Waals surface area contributed by atoms with Gasteiger partial charge in [0.25, 0.3) is 0 Å². The van der Waals surface area contributed by atoms with Crippen LogP contribution in [-0.2, 0) is 11.2 Å². The molecular formula is C15H23N3O3. The highest BCUT2D eigenvalue weighted by molar-refractivity contribution is 5.89. The van der Waals surface area contributed by atoms with Crippen LogP contribution in [0.2, 0.25) is 0 Å². The second-order valence-corrected chi connectivity index (χ2v) is 4.68. The average Bonchev–Trinajstić information content (AvgIpc) is 2.46. The second-order valence-electron chi connectivity index (χ2n) is 4.68. The van der Waals surface area contributed by atoms with E-state index in [9.17, 15) is 9.59 Å². The van der Waals surface area contributed by atoms with Gasteiger partial charge in [-0.2, -0.15) is 0 Å². The molecule has 0 aromatic heterocycles. The molecule has 6 heteroatoms. The molecular weight excluding hydrogens is 270 g/mol. The Hall–Kier alpha value is -2.08. The molecule has 1 aromatic carbocycles. The first-order valence-electron chi connectivity index (χ1n) is 7.18. The predicted octanol–water partition coefficient (Wildman–Crippen LogP) is 1.82. The minimum absolute atomic E-state index is 0.110. The van der Waals surface area contributed by atoms with Crippen LogP contribution in [0.15, 0.2) is 24.3 Å². The molecule has 0 heterocycles. The molecule has 4 N–H and O–H groups in total. The largest absolute Gasteiger partial charge is 0.481 e. The fourth-order valence-corrected chi connectivity index (χ4v) is 1.77. The van der Waals surface area contributed by atoms with E-state index >= 15 is 0 Å². The highest BCUT2D eigenvalue weighted by atomic mass is 16.4. The van der Waals surface area contributed by atoms with Gasteiger partial charge in [-0.1, -0.05) is 19.1 Å². The number of carboxylic acids is 1. The van der Waals surface area contributed by atoms with Crippen LogP contribution in [0.25, 0.3) is 0 Å². The Bertz CT molecular complexity index is 446. The highest BCUT2D eigenvalue weighted by Crippen LogP contribution is 2.10. The van der Waals surface area contributed by atoms with Crippen molar-refractivity contribution in [3.63, 3.8) is 0 Å². The topological polar surface area (TPSA) is 90.5 Å². The van der Waals surface area contributed by atoms with Crippen LogP contribution in [0, 0.1) is 0 Å². The molecule has 0 aliphatic heterocycles. The number of carbonyl (C=O) groups is 2. The highest BCUT2D eigenvalue weighted by Gasteiger charge is 2.02. The number of carbonyl (C=O) groups excluding carboxylic acids is 1. The van der Waals surface area contributed by atoms with Crippen LogP contribution in [0.1, 0.15) is 25.3 Å². The van der Waals surface area contributed by atoms with E-state index in [0.717, 1.165) is 25.1 Å². The van der Waals surface area contributed by atoms with Gasteiger partial charge in [0.15, 0.2) is 0 Å². The molecule has 1 rings (SSSR count). The van der Waals surface area contributed by atoms with Crippen molar-refractivity contribution in [2.75, 3.05) is 25.0 Å². The molecule has 1 aromatic rings. The number of aliphatic carboxylic acids is 1. The van der Waals surface area contributed by atoms with Crippen molar-refractivity contribution < 1.29 is 14.7 Å². The number of carboxylic acid groups (broad SMARTS) is 1. The number of benzene rings is 1. The summed E-state index contributed by atoms with van der Waals surface area (Å²) in [5.41, 5.74) is 1.63. The van der Waals surface area contributed by atoms with Gasteiger partial charge in [-0.05, 0) is 43.6 Å². The lowest BCUT2D eigenvalue weighted by Crippen LogP contribution is -2.31. The Morgan fingerprint density at radius 3 is 2.48 bits per heavy atom. The van der Waals surface area contributed by atoms with Gasteiger partial charge in [0.05, 0.1) is 0 Å². The minimum atomic E-state index is -0.811. The summed E-state index contributed by atoms with van der Waals surface area (Å²) in [4.78, 5) is 22.1. The van der Waals surface area contributed by atoms with Gasteiger partial charge in [0.2, 0.25) is 0 Å². The molecule has 0 radical (unpaired) electrons. The molecule has 0 aliphatic carbocycles. The van der Waals surface area contributed by atoms with Gasteiger partial charge in [0, 0.05) is 18.7 Å². The standard InChI is InChI=1S/C15H23N3O3/c1-2-16-10-3-11-17-15(21)18-13-7-4-12(5-8-13)6-9-14(19)20/h4-5,7-8,16H,2-3,6,9-11H2,1H3,(H,19,20)(H2,17,18,21). The van der Waals surface area contributed by atoms with Crippen molar-refractivity contribution in [2.24, 2.45) is 0 Å². The van der Waals surface area contributed by atoms with Gasteiger partial charge >= 0.3 is 12.0 Å². The Balaban J connectivity index is 2.27. The third-order valence-electron chi connectivity index (χ3n) is 2.91. The number of urea groups is 1. The zero-order valence-electron chi connectivity index (χ0n) is 12.3. The Kier molecular flexibility index (Phi) is 7.89. The van der Waals surface area contributed by atoms with Crippen LogP contribution in [0.4, 0.5) is 10.5 Å². The zero-order valence-corrected chi connectivity index (χ0v) is 12.3. The minimum Gasteiger partial charge on any atom is -0.481 e. The first-order chi connectivity index (χ1) is 10.1. The normalized spacial score (nSPS) is 10.1. The van der Waals surface area contributed by atoms with Gasteiger partial charge in [0.1, 0.15) is 0 Å². The first-order valence-corrected chi connectivity index (χ1v) is 7.18. The molecule has 116 valence electrons. The molecule has 6 nitrogen and oxygen atoms in total. The van der Waals surface area contributed by atoms with E-state index < -0.39 is 5.97 Å². The number of hydrogen-bond donors (Lipinski definition) is 4. The molecule has 0 spiro atoms. The first kappa shape index (κ1) is 17.0. The Labute approximate surface area is 124 Å². The summed E-state index contributed by atoms with van der Waals surface area (Å²) in [6.07, 6.45) is 1.49. The van der Waals surface area contributed by atoms with Crippen LogP contribution in [-0.4, -0.2) is 36.7 Å². The summed E-state index contributed by atoms with van der Waals surface area (Å²) in [6.45, 7) is 4.48. The average molecular weight is 293 g/mol. The van der Waals surface area contributed by atoms with Crippen LogP contribution >= 0.6 is 0 Å². The number of aryl methyl sites for hydroxylation is 1. The lowest BCUT2D eigenvalue weighted by Gasteiger charge is -2.08. The SMILES string of the molecule is CCNCCCNC(=O)Nc1ccc(CCC(=O)O)cc1. The summed E-state index contributed by atoms with van der Waals surface area (Å²) in [7, 11) is 0. The summed E-state index contributed by atoms with van der Waals surface area (Å²) in [5, 5.41) is 17.3. The van der Waals surface area contributed by atoms with E-state index in [0.29, 0.717) is 18.7 Å². The van der Waals surface area contributed by atoms with Gasteiger partial charge in [-0.25, -0.2) is 4.79 Å². The van der Waals surface area contributed by atoms with E-state index in [1.165, 1.54) is 0 Å². The third kappa shape index (κ3) is 7.94. The smallest absolute Gasteiger partial charge is 0.319 e. The third-order valence-corrected chi connectivity index (χ3v) is 2.91. The molecule has 0 aliphatic rings. The van der Waals surface area contributed by atoms with Crippen LogP contribution < -0.4 is 16.0 Å². The number of nitrogens with one attached hydrogen (secondary N) is 3. The Morgan fingerprint density at radius 2 is 1.86 bits per heavy atom. The van der Waals surface area contributed by atoms with Gasteiger partial charge in [-0.15, -0.1) is 0 Å². The van der Waals surface area contributed by atoms with Crippen molar-refractivity contribution >= 4 is 17.7 Å². The monoisotopic (exact) mass is 293 g/mol. The zero-order chi connectivity index (χ0) is 15.5. The Morgan fingerprint density at radius 1 is 1.14 bits per heavy atom. The molecule has 0 atom stereocenters. The molecule has 0 saturated carbocycles. The lowest BCUT2D eigenvalue weighted by atomic mass is 10.1. The number of anilines is 1.